The molecule has 76 valence electrons. The predicted molar refractivity (Wildman–Crippen MR) is 75.8 cm³/mol. The number of hydrogen-bond acceptors (Lipinski definition) is 0. The van der Waals surface area contributed by atoms with Crippen LogP contribution in [0.25, 0.3) is 0 Å². The minimum absolute atomic E-state index is 0.143. The van der Waals surface area contributed by atoms with Gasteiger partial charge >= 0.3 is 0 Å². The van der Waals surface area contributed by atoms with Crippen LogP contribution in [0.3, 0.4) is 0 Å². The average Bonchev–Trinajstić information content (AvgIpc) is 2.32. The Morgan fingerprint density at radius 2 is 1.40 bits per heavy atom. The maximum absolute atomic E-state index is 2.39. The maximum atomic E-state index is 2.39. The van der Waals surface area contributed by atoms with E-state index < -0.39 is 0 Å². The molecule has 0 unspecified atom stereocenters. The number of halogens is 1. The molecule has 0 nitrogen and oxygen atoms in total. The summed E-state index contributed by atoms with van der Waals surface area (Å²) in [5, 5.41) is 0. The smallest absolute Gasteiger partial charge is 0.0199 e. The average molecular weight is 308 g/mol. The van der Waals surface area contributed by atoms with E-state index in [0.717, 1.165) is 0 Å². The highest BCUT2D eigenvalue weighted by atomic mass is 127. The first-order chi connectivity index (χ1) is 7.45. The largest absolute Gasteiger partial charge is 0.117 e. The lowest BCUT2D eigenvalue weighted by Gasteiger charge is -1.94. The Morgan fingerprint density at radius 3 is 2.07 bits per heavy atom. The van der Waals surface area contributed by atoms with Gasteiger partial charge in [0, 0.05) is 4.43 Å². The van der Waals surface area contributed by atoms with Crippen LogP contribution in [0, 0.1) is 0 Å². The first-order valence-electron chi connectivity index (χ1n) is 4.95. The summed E-state index contributed by atoms with van der Waals surface area (Å²) in [6.07, 6.45) is 0. The van der Waals surface area contributed by atoms with E-state index in [4.69, 9.17) is 0 Å². The molecule has 0 saturated heterocycles. The van der Waals surface area contributed by atoms with E-state index in [1.165, 1.54) is 15.6 Å². The van der Waals surface area contributed by atoms with E-state index >= 15 is 0 Å². The summed E-state index contributed by atoms with van der Waals surface area (Å²) in [5.74, 6) is 0. The van der Waals surface area contributed by atoms with Crippen LogP contribution in [-0.4, -0.2) is 4.01 Å². The van der Waals surface area contributed by atoms with Crippen molar-refractivity contribution in [3.05, 3.63) is 71.8 Å². The van der Waals surface area contributed by atoms with Crippen molar-refractivity contribution in [1.29, 1.82) is 0 Å². The van der Waals surface area contributed by atoms with Crippen LogP contribution in [-0.2, 0) is 4.43 Å². The van der Waals surface area contributed by atoms with Gasteiger partial charge in [0.05, 0.1) is 0 Å². The monoisotopic (exact) mass is 308 g/mol. The summed E-state index contributed by atoms with van der Waals surface area (Å²) in [6, 6.07) is 21.3. The normalized spacial score (nSPS) is 11.2. The molecule has 1 heteroatoms. The third-order valence-corrected chi connectivity index (χ3v) is 4.56. The van der Waals surface area contributed by atoms with Crippen molar-refractivity contribution in [3.63, 3.8) is 0 Å². The number of rotatable bonds is 3. The van der Waals surface area contributed by atoms with Gasteiger partial charge in [-0.15, -0.1) is 20.7 Å². The second-order valence-electron chi connectivity index (χ2n) is 3.29. The van der Waals surface area contributed by atoms with Gasteiger partial charge in [-0.05, 0) is 15.1 Å². The Balaban J connectivity index is 1.97. The number of hydrogen-bond donors (Lipinski definition) is 0. The van der Waals surface area contributed by atoms with Crippen LogP contribution in [0.2, 0.25) is 0 Å². The first kappa shape index (κ1) is 10.6. The molecule has 2 aromatic rings. The quantitative estimate of drug-likeness (QED) is 0.594. The van der Waals surface area contributed by atoms with Gasteiger partial charge in [0.1, 0.15) is 0 Å². The molecule has 0 aromatic heterocycles. The highest BCUT2D eigenvalue weighted by molar-refractivity contribution is 14.2. The zero-order valence-corrected chi connectivity index (χ0v) is 10.6. The molecule has 0 aliphatic heterocycles. The lowest BCUT2D eigenvalue weighted by molar-refractivity contribution is 1.46. The lowest BCUT2D eigenvalue weighted by atomic mass is 10.2. The minimum Gasteiger partial charge on any atom is -0.117 e. The van der Waals surface area contributed by atoms with Gasteiger partial charge in [0.2, 0.25) is 0 Å². The Hall–Kier alpha value is -0.960. The highest BCUT2D eigenvalue weighted by Crippen LogP contribution is 2.11. The van der Waals surface area contributed by atoms with Crippen molar-refractivity contribution in [1.82, 2.24) is 0 Å². The van der Waals surface area contributed by atoms with Crippen molar-refractivity contribution in [3.8, 4) is 0 Å². The second kappa shape index (κ2) is 5.81. The molecule has 0 fully saturated rings. The highest BCUT2D eigenvalue weighted by Gasteiger charge is 1.87. The van der Waals surface area contributed by atoms with Crippen molar-refractivity contribution in [2.24, 2.45) is 0 Å². The van der Waals surface area contributed by atoms with Crippen LogP contribution in [0.1, 0.15) is 11.1 Å². The lowest BCUT2D eigenvalue weighted by Crippen LogP contribution is -1.77. The van der Waals surface area contributed by atoms with Gasteiger partial charge in [-0.1, -0.05) is 60.7 Å². The maximum Gasteiger partial charge on any atom is 0.0199 e. The molecule has 0 heterocycles. The Morgan fingerprint density at radius 1 is 0.800 bits per heavy atom. The SMILES string of the molecule is C(=ICc1ccccc1)c1ccccc1. The van der Waals surface area contributed by atoms with Crippen molar-refractivity contribution in [2.45, 2.75) is 4.43 Å². The van der Waals surface area contributed by atoms with E-state index in [2.05, 4.69) is 64.7 Å². The van der Waals surface area contributed by atoms with Crippen LogP contribution in [0.5, 0.6) is 0 Å². The molecule has 0 saturated carbocycles. The molecule has 15 heavy (non-hydrogen) atoms. The minimum atomic E-state index is 0.143. The van der Waals surface area contributed by atoms with E-state index in [-0.39, 0.29) is 20.7 Å². The van der Waals surface area contributed by atoms with Crippen LogP contribution >= 0.6 is 20.7 Å². The van der Waals surface area contributed by atoms with Crippen LogP contribution in [0.15, 0.2) is 60.7 Å². The van der Waals surface area contributed by atoms with Crippen LogP contribution in [0.4, 0.5) is 0 Å². The van der Waals surface area contributed by atoms with Gasteiger partial charge in [-0.3, -0.25) is 0 Å². The molecular weight excluding hydrogens is 295 g/mol. The summed E-state index contributed by atoms with van der Waals surface area (Å²) in [7, 11) is 0. The summed E-state index contributed by atoms with van der Waals surface area (Å²) < 4.78 is 3.63. The predicted octanol–water partition coefficient (Wildman–Crippen LogP) is 4.01. The fourth-order valence-corrected chi connectivity index (χ4v) is 3.47. The third kappa shape index (κ3) is 3.59. The Kier molecular flexibility index (Phi) is 4.09. The van der Waals surface area contributed by atoms with E-state index in [9.17, 15) is 0 Å². The standard InChI is InChI=1S/C14H13I/c1-3-7-13(8-4-1)11-15-12-14-9-5-2-6-10-14/h1-11H,12H2. The molecular formula is C14H13I. The molecule has 0 radical (unpaired) electrons. The Bertz CT molecular complexity index is 418. The van der Waals surface area contributed by atoms with Crippen molar-refractivity contribution in [2.75, 3.05) is 0 Å². The molecule has 0 atom stereocenters. The summed E-state index contributed by atoms with van der Waals surface area (Å²) in [5.41, 5.74) is 2.82. The van der Waals surface area contributed by atoms with E-state index in [0.29, 0.717) is 0 Å². The molecule has 2 aromatic carbocycles. The molecule has 0 amide bonds. The topological polar surface area (TPSA) is 0 Å². The molecule has 0 spiro atoms. The summed E-state index contributed by atoms with van der Waals surface area (Å²) in [4.78, 5) is 0. The Labute approximate surface area is 101 Å². The molecule has 0 aliphatic carbocycles. The summed E-state index contributed by atoms with van der Waals surface area (Å²) >= 11 is 0.143. The molecule has 2 rings (SSSR count). The molecule has 0 aliphatic rings. The summed E-state index contributed by atoms with van der Waals surface area (Å²) in [6.45, 7) is 0. The second-order valence-corrected chi connectivity index (χ2v) is 5.56. The number of alkyl halides is 1. The fourth-order valence-electron chi connectivity index (χ4n) is 1.31. The van der Waals surface area contributed by atoms with Gasteiger partial charge < -0.3 is 0 Å². The van der Waals surface area contributed by atoms with Crippen molar-refractivity contribution >= 4 is 24.7 Å². The van der Waals surface area contributed by atoms with Gasteiger partial charge in [0.15, 0.2) is 0 Å². The zero-order valence-electron chi connectivity index (χ0n) is 8.44. The fraction of sp³-hybridized carbons (Fsp3) is 0.0714. The van der Waals surface area contributed by atoms with E-state index in [1.54, 1.807) is 0 Å². The first-order valence-corrected chi connectivity index (χ1v) is 7.72. The van der Waals surface area contributed by atoms with Gasteiger partial charge in [0.25, 0.3) is 0 Å². The number of benzene rings is 2. The third-order valence-electron chi connectivity index (χ3n) is 2.08. The van der Waals surface area contributed by atoms with Gasteiger partial charge in [-0.2, -0.15) is 0 Å². The zero-order chi connectivity index (χ0) is 10.3. The van der Waals surface area contributed by atoms with Crippen LogP contribution < -0.4 is 0 Å². The van der Waals surface area contributed by atoms with E-state index in [1.807, 2.05) is 0 Å². The van der Waals surface area contributed by atoms with Gasteiger partial charge in [-0.25, -0.2) is 0 Å². The molecule has 0 bridgehead atoms. The molecule has 0 N–H and O–H groups in total. The van der Waals surface area contributed by atoms with Crippen molar-refractivity contribution < 1.29 is 0 Å².